The van der Waals surface area contributed by atoms with E-state index in [9.17, 15) is 9.59 Å². The van der Waals surface area contributed by atoms with Crippen LogP contribution in [0.25, 0.3) is 0 Å². The maximum Gasteiger partial charge on any atom is 0.308 e. The van der Waals surface area contributed by atoms with Crippen LogP contribution in [-0.2, 0) is 21.4 Å². The van der Waals surface area contributed by atoms with E-state index in [1.54, 1.807) is 6.20 Å². The summed E-state index contributed by atoms with van der Waals surface area (Å²) in [5, 5.41) is 7.46. The van der Waals surface area contributed by atoms with E-state index in [1.165, 1.54) is 7.11 Å². The molecule has 3 rings (SSSR count). The highest BCUT2D eigenvalue weighted by Gasteiger charge is 2.32. The topological polar surface area (TPSA) is 76.5 Å². The molecule has 7 heteroatoms. The van der Waals surface area contributed by atoms with Gasteiger partial charge in [0.05, 0.1) is 19.2 Å². The first-order valence-corrected chi connectivity index (χ1v) is 9.19. The summed E-state index contributed by atoms with van der Waals surface area (Å²) in [5.41, 5.74) is 0. The van der Waals surface area contributed by atoms with Crippen molar-refractivity contribution in [2.75, 3.05) is 25.1 Å². The molecule has 1 aromatic heterocycles. The summed E-state index contributed by atoms with van der Waals surface area (Å²) in [7, 11) is 3.37. The molecule has 2 heterocycles. The van der Waals surface area contributed by atoms with Crippen molar-refractivity contribution in [2.45, 2.75) is 44.6 Å². The molecule has 1 saturated carbocycles. The molecule has 1 atom stereocenters. The number of ether oxygens (including phenoxy) is 1. The number of amides is 1. The van der Waals surface area contributed by atoms with Crippen LogP contribution < -0.4 is 10.2 Å². The van der Waals surface area contributed by atoms with Crippen molar-refractivity contribution in [3.8, 4) is 0 Å². The largest absolute Gasteiger partial charge is 0.469 e. The molecule has 1 aliphatic carbocycles. The highest BCUT2D eigenvalue weighted by Crippen LogP contribution is 2.30. The molecule has 1 N–H and O–H groups in total. The van der Waals surface area contributed by atoms with Gasteiger partial charge in [0, 0.05) is 38.2 Å². The molecule has 0 spiro atoms. The van der Waals surface area contributed by atoms with Gasteiger partial charge in [0.2, 0.25) is 5.91 Å². The van der Waals surface area contributed by atoms with E-state index < -0.39 is 0 Å². The van der Waals surface area contributed by atoms with Crippen molar-refractivity contribution >= 4 is 17.7 Å². The Labute approximate surface area is 148 Å². The zero-order chi connectivity index (χ0) is 17.8. The zero-order valence-corrected chi connectivity index (χ0v) is 15.1. The van der Waals surface area contributed by atoms with Crippen LogP contribution in [0.2, 0.25) is 0 Å². The Morgan fingerprint density at radius 1 is 1.20 bits per heavy atom. The van der Waals surface area contributed by atoms with Crippen LogP contribution in [0, 0.1) is 11.8 Å². The first-order valence-electron chi connectivity index (χ1n) is 9.19. The molecule has 0 radical (unpaired) electrons. The molecule has 2 aliphatic rings. The summed E-state index contributed by atoms with van der Waals surface area (Å²) >= 11 is 0. The molecule has 25 heavy (non-hydrogen) atoms. The van der Waals surface area contributed by atoms with Crippen molar-refractivity contribution in [1.29, 1.82) is 0 Å². The number of esters is 1. The zero-order valence-electron chi connectivity index (χ0n) is 15.1. The highest BCUT2D eigenvalue weighted by molar-refractivity contribution is 5.80. The number of nitrogens with zero attached hydrogens (tertiary/aromatic N) is 3. The number of methoxy groups -OCH3 is 1. The SMILES string of the molecule is COC(=O)C1CCC(C(=O)N[C@@H]2CCCN(c3ccnn3C)C2)CC1. The van der Waals surface area contributed by atoms with Crippen LogP contribution in [-0.4, -0.2) is 47.9 Å². The molecule has 1 aromatic rings. The number of nitrogens with one attached hydrogen (secondary N) is 1. The summed E-state index contributed by atoms with van der Waals surface area (Å²) in [4.78, 5) is 26.5. The van der Waals surface area contributed by atoms with Crippen LogP contribution in [0.1, 0.15) is 38.5 Å². The van der Waals surface area contributed by atoms with Crippen molar-refractivity contribution in [3.05, 3.63) is 12.3 Å². The lowest BCUT2D eigenvalue weighted by Gasteiger charge is -2.35. The highest BCUT2D eigenvalue weighted by atomic mass is 16.5. The lowest BCUT2D eigenvalue weighted by atomic mass is 9.81. The van der Waals surface area contributed by atoms with Gasteiger partial charge in [-0.1, -0.05) is 0 Å². The third kappa shape index (κ3) is 4.14. The van der Waals surface area contributed by atoms with Gasteiger partial charge < -0.3 is 15.0 Å². The number of aryl methyl sites for hydroxylation is 1. The molecule has 0 aromatic carbocycles. The number of carbonyl (C=O) groups is 2. The molecule has 0 bridgehead atoms. The van der Waals surface area contributed by atoms with Crippen molar-refractivity contribution in [2.24, 2.45) is 18.9 Å². The monoisotopic (exact) mass is 348 g/mol. The number of carbonyl (C=O) groups excluding carboxylic acids is 2. The molecule has 138 valence electrons. The smallest absolute Gasteiger partial charge is 0.308 e. The number of anilines is 1. The standard InChI is InChI=1S/C18H28N4O3/c1-21-16(9-10-19-21)22-11-3-4-15(12-22)20-17(23)13-5-7-14(8-6-13)18(24)25-2/h9-10,13-15H,3-8,11-12H2,1-2H3,(H,20,23)/t13?,14?,15-/m1/s1. The van der Waals surface area contributed by atoms with Gasteiger partial charge in [-0.15, -0.1) is 0 Å². The quantitative estimate of drug-likeness (QED) is 0.834. The number of rotatable bonds is 4. The Kier molecular flexibility index (Phi) is 5.60. The van der Waals surface area contributed by atoms with Gasteiger partial charge in [0.15, 0.2) is 0 Å². The summed E-state index contributed by atoms with van der Waals surface area (Å²) < 4.78 is 6.68. The van der Waals surface area contributed by atoms with Crippen molar-refractivity contribution < 1.29 is 14.3 Å². The molecule has 1 aliphatic heterocycles. The fourth-order valence-corrected chi connectivity index (χ4v) is 4.06. The normalized spacial score (nSPS) is 27.0. The molecular weight excluding hydrogens is 320 g/mol. The lowest BCUT2D eigenvalue weighted by Crippen LogP contribution is -2.50. The Balaban J connectivity index is 1.50. The molecule has 1 saturated heterocycles. The van der Waals surface area contributed by atoms with E-state index in [-0.39, 0.29) is 29.8 Å². The van der Waals surface area contributed by atoms with E-state index in [0.717, 1.165) is 57.4 Å². The number of aromatic nitrogens is 2. The number of hydrogen-bond donors (Lipinski definition) is 1. The minimum atomic E-state index is -0.141. The Hall–Kier alpha value is -2.05. The van der Waals surface area contributed by atoms with Crippen LogP contribution in [0.4, 0.5) is 5.82 Å². The molecule has 2 fully saturated rings. The van der Waals surface area contributed by atoms with E-state index in [1.807, 2.05) is 17.8 Å². The van der Waals surface area contributed by atoms with E-state index >= 15 is 0 Å². The van der Waals surface area contributed by atoms with Crippen LogP contribution >= 0.6 is 0 Å². The van der Waals surface area contributed by atoms with E-state index in [2.05, 4.69) is 15.3 Å². The van der Waals surface area contributed by atoms with Gasteiger partial charge in [-0.05, 0) is 38.5 Å². The van der Waals surface area contributed by atoms with Gasteiger partial charge in [-0.3, -0.25) is 14.3 Å². The van der Waals surface area contributed by atoms with Crippen molar-refractivity contribution in [1.82, 2.24) is 15.1 Å². The first-order chi connectivity index (χ1) is 12.1. The molecule has 1 amide bonds. The van der Waals surface area contributed by atoms with Gasteiger partial charge in [-0.25, -0.2) is 0 Å². The van der Waals surface area contributed by atoms with Gasteiger partial charge in [-0.2, -0.15) is 5.10 Å². The third-order valence-electron chi connectivity index (χ3n) is 5.52. The number of hydrogen-bond acceptors (Lipinski definition) is 5. The third-order valence-corrected chi connectivity index (χ3v) is 5.52. The van der Waals surface area contributed by atoms with Gasteiger partial charge in [0.25, 0.3) is 0 Å². The fourth-order valence-electron chi connectivity index (χ4n) is 4.06. The van der Waals surface area contributed by atoms with E-state index in [4.69, 9.17) is 4.74 Å². The second-order valence-corrected chi connectivity index (χ2v) is 7.18. The van der Waals surface area contributed by atoms with Gasteiger partial charge in [0.1, 0.15) is 5.82 Å². The average Bonchev–Trinajstić information content (AvgIpc) is 3.07. The van der Waals surface area contributed by atoms with Crippen LogP contribution in [0.15, 0.2) is 12.3 Å². The summed E-state index contributed by atoms with van der Waals surface area (Å²) in [6.07, 6.45) is 6.90. The first kappa shape index (κ1) is 17.8. The second kappa shape index (κ2) is 7.89. The Morgan fingerprint density at radius 3 is 2.56 bits per heavy atom. The van der Waals surface area contributed by atoms with Gasteiger partial charge >= 0.3 is 5.97 Å². The number of piperidine rings is 1. The summed E-state index contributed by atoms with van der Waals surface area (Å²) in [5.74, 6) is 1.08. The predicted octanol–water partition coefficient (Wildman–Crippen LogP) is 1.48. The summed E-state index contributed by atoms with van der Waals surface area (Å²) in [6.45, 7) is 1.82. The van der Waals surface area contributed by atoms with Crippen LogP contribution in [0.3, 0.4) is 0 Å². The van der Waals surface area contributed by atoms with E-state index in [0.29, 0.717) is 0 Å². The maximum absolute atomic E-state index is 12.6. The minimum Gasteiger partial charge on any atom is -0.469 e. The Morgan fingerprint density at radius 2 is 1.92 bits per heavy atom. The summed E-state index contributed by atoms with van der Waals surface area (Å²) in [6, 6.07) is 2.19. The maximum atomic E-state index is 12.6. The molecular formula is C18H28N4O3. The predicted molar refractivity (Wildman–Crippen MR) is 94.0 cm³/mol. The molecule has 7 nitrogen and oxygen atoms in total. The van der Waals surface area contributed by atoms with Crippen molar-refractivity contribution in [3.63, 3.8) is 0 Å². The fraction of sp³-hybridized carbons (Fsp3) is 0.722. The molecule has 0 unspecified atom stereocenters. The Bertz CT molecular complexity index is 607. The lowest BCUT2D eigenvalue weighted by molar-refractivity contribution is -0.147. The minimum absolute atomic E-state index is 0.0213. The average molecular weight is 348 g/mol. The van der Waals surface area contributed by atoms with Crippen LogP contribution in [0.5, 0.6) is 0 Å². The second-order valence-electron chi connectivity index (χ2n) is 7.18.